The van der Waals surface area contributed by atoms with Crippen molar-refractivity contribution in [2.75, 3.05) is 25.2 Å². The van der Waals surface area contributed by atoms with E-state index in [4.69, 9.17) is 13.9 Å². The van der Waals surface area contributed by atoms with Gasteiger partial charge in [-0.2, -0.15) is 0 Å². The van der Waals surface area contributed by atoms with Crippen LogP contribution in [0.1, 0.15) is 5.56 Å². The number of fused-ring (bicyclic) bond motifs is 1. The molecule has 0 atom stereocenters. The number of pyridine rings is 1. The number of rotatable bonds is 8. The van der Waals surface area contributed by atoms with E-state index in [1.54, 1.807) is 30.3 Å². The molecule has 0 fully saturated rings. The summed E-state index contributed by atoms with van der Waals surface area (Å²) in [6, 6.07) is 11.8. The van der Waals surface area contributed by atoms with Crippen molar-refractivity contribution >= 4 is 11.5 Å². The van der Waals surface area contributed by atoms with Crippen LogP contribution < -0.4 is 25.7 Å². The Kier molecular flexibility index (Phi) is 5.57. The predicted octanol–water partition coefficient (Wildman–Crippen LogP) is 2.54. The molecule has 0 amide bonds. The number of nitrogens with zero attached hydrogens (tertiary/aromatic N) is 2. The van der Waals surface area contributed by atoms with E-state index in [2.05, 4.69) is 15.6 Å². The van der Waals surface area contributed by atoms with E-state index in [0.29, 0.717) is 48.3 Å². The van der Waals surface area contributed by atoms with E-state index in [9.17, 15) is 14.9 Å². The number of hydrogen-bond acceptors (Lipinski definition) is 9. The first-order valence-electron chi connectivity index (χ1n) is 9.18. The molecule has 3 aromatic rings. The summed E-state index contributed by atoms with van der Waals surface area (Å²) < 4.78 is 16.1. The maximum atomic E-state index is 12.3. The third kappa shape index (κ3) is 4.39. The smallest absolute Gasteiger partial charge is 0.340 e. The minimum atomic E-state index is -0.498. The second-order valence-electron chi connectivity index (χ2n) is 6.44. The summed E-state index contributed by atoms with van der Waals surface area (Å²) >= 11 is 0. The monoisotopic (exact) mass is 410 g/mol. The summed E-state index contributed by atoms with van der Waals surface area (Å²) in [7, 11) is 0. The van der Waals surface area contributed by atoms with E-state index in [-0.39, 0.29) is 12.5 Å². The first kappa shape index (κ1) is 19.4. The number of aromatic nitrogens is 1. The Morgan fingerprint density at radius 1 is 1.07 bits per heavy atom. The molecule has 1 aliphatic heterocycles. The minimum Gasteiger partial charge on any atom is -0.454 e. The summed E-state index contributed by atoms with van der Waals surface area (Å²) in [5, 5.41) is 16.8. The van der Waals surface area contributed by atoms with Crippen LogP contribution in [0.3, 0.4) is 0 Å². The Bertz CT molecular complexity index is 1110. The molecule has 0 saturated carbocycles. The zero-order chi connectivity index (χ0) is 20.9. The number of nitrogens with one attached hydrogen (secondary N) is 2. The van der Waals surface area contributed by atoms with Crippen molar-refractivity contribution < 1.29 is 18.8 Å². The molecule has 1 aliphatic rings. The summed E-state index contributed by atoms with van der Waals surface area (Å²) in [6.07, 6.45) is 1.20. The molecule has 2 N–H and O–H groups in total. The Morgan fingerprint density at radius 2 is 1.93 bits per heavy atom. The van der Waals surface area contributed by atoms with Crippen molar-refractivity contribution in [1.82, 2.24) is 10.3 Å². The minimum absolute atomic E-state index is 0.0606. The molecule has 30 heavy (non-hydrogen) atoms. The van der Waals surface area contributed by atoms with Crippen LogP contribution in [0.25, 0.3) is 11.3 Å². The van der Waals surface area contributed by atoms with Gasteiger partial charge in [0, 0.05) is 31.3 Å². The van der Waals surface area contributed by atoms with E-state index < -0.39 is 10.5 Å². The lowest BCUT2D eigenvalue weighted by Gasteiger charge is -2.07. The first-order chi connectivity index (χ1) is 14.6. The third-order valence-corrected chi connectivity index (χ3v) is 4.44. The molecule has 4 rings (SSSR count). The highest BCUT2D eigenvalue weighted by molar-refractivity contribution is 5.63. The second-order valence-corrected chi connectivity index (χ2v) is 6.44. The molecule has 0 aliphatic carbocycles. The van der Waals surface area contributed by atoms with E-state index >= 15 is 0 Å². The van der Waals surface area contributed by atoms with Crippen molar-refractivity contribution in [3.8, 4) is 22.8 Å². The van der Waals surface area contributed by atoms with E-state index in [1.807, 2.05) is 6.07 Å². The van der Waals surface area contributed by atoms with Crippen molar-refractivity contribution in [2.45, 2.75) is 6.54 Å². The maximum absolute atomic E-state index is 12.3. The lowest BCUT2D eigenvalue weighted by atomic mass is 10.1. The highest BCUT2D eigenvalue weighted by Crippen LogP contribution is 2.35. The van der Waals surface area contributed by atoms with Crippen LogP contribution in [0.4, 0.5) is 11.5 Å². The van der Waals surface area contributed by atoms with Crippen molar-refractivity contribution in [1.29, 1.82) is 0 Å². The van der Waals surface area contributed by atoms with Crippen LogP contribution in [-0.2, 0) is 6.54 Å². The Labute approximate surface area is 170 Å². The van der Waals surface area contributed by atoms with Gasteiger partial charge in [0.05, 0.1) is 10.5 Å². The Morgan fingerprint density at radius 3 is 2.70 bits per heavy atom. The van der Waals surface area contributed by atoms with Crippen molar-refractivity contribution in [2.24, 2.45) is 0 Å². The fourth-order valence-electron chi connectivity index (χ4n) is 2.88. The van der Waals surface area contributed by atoms with Gasteiger partial charge in [0.1, 0.15) is 17.8 Å². The summed E-state index contributed by atoms with van der Waals surface area (Å²) in [5.41, 5.74) is 0.765. The molecule has 0 unspecified atom stereocenters. The van der Waals surface area contributed by atoms with Gasteiger partial charge in [-0.3, -0.25) is 10.1 Å². The van der Waals surface area contributed by atoms with Crippen LogP contribution in [-0.4, -0.2) is 29.8 Å². The SMILES string of the molecule is O=c1oc(-c2ccc3c(c2)OCO3)ccc1CNCCNc1ccc([N+](=O)[O-])cn1. The zero-order valence-corrected chi connectivity index (χ0v) is 15.8. The molecular weight excluding hydrogens is 392 g/mol. The summed E-state index contributed by atoms with van der Waals surface area (Å²) in [6.45, 7) is 1.62. The average molecular weight is 410 g/mol. The number of ether oxygens (including phenoxy) is 2. The maximum Gasteiger partial charge on any atom is 0.340 e. The van der Waals surface area contributed by atoms with Crippen LogP contribution in [0.15, 0.2) is 57.9 Å². The molecule has 154 valence electrons. The molecule has 0 saturated heterocycles. The van der Waals surface area contributed by atoms with Gasteiger partial charge in [-0.25, -0.2) is 9.78 Å². The van der Waals surface area contributed by atoms with Gasteiger partial charge in [-0.15, -0.1) is 0 Å². The van der Waals surface area contributed by atoms with Gasteiger partial charge >= 0.3 is 5.63 Å². The lowest BCUT2D eigenvalue weighted by molar-refractivity contribution is -0.385. The predicted molar refractivity (Wildman–Crippen MR) is 108 cm³/mol. The van der Waals surface area contributed by atoms with Gasteiger partial charge < -0.3 is 24.5 Å². The van der Waals surface area contributed by atoms with Crippen LogP contribution in [0, 0.1) is 10.1 Å². The van der Waals surface area contributed by atoms with Crippen LogP contribution in [0.5, 0.6) is 11.5 Å². The van der Waals surface area contributed by atoms with Gasteiger partial charge in [-0.05, 0) is 36.4 Å². The fraction of sp³-hybridized carbons (Fsp3) is 0.200. The molecule has 0 bridgehead atoms. The summed E-state index contributed by atoms with van der Waals surface area (Å²) in [4.78, 5) is 26.4. The van der Waals surface area contributed by atoms with Gasteiger partial charge in [0.25, 0.3) is 5.69 Å². The quantitative estimate of drug-likeness (QED) is 0.327. The fourth-order valence-corrected chi connectivity index (χ4v) is 2.88. The molecule has 3 heterocycles. The zero-order valence-electron chi connectivity index (χ0n) is 15.8. The van der Waals surface area contributed by atoms with Crippen LogP contribution >= 0.6 is 0 Å². The Hall–Kier alpha value is -3.92. The van der Waals surface area contributed by atoms with Gasteiger partial charge in [0.15, 0.2) is 11.5 Å². The van der Waals surface area contributed by atoms with Crippen molar-refractivity contribution in [3.05, 3.63) is 74.8 Å². The Balaban J connectivity index is 1.28. The largest absolute Gasteiger partial charge is 0.454 e. The normalized spacial score (nSPS) is 12.0. The molecule has 10 nitrogen and oxygen atoms in total. The van der Waals surface area contributed by atoms with E-state index in [1.165, 1.54) is 12.3 Å². The molecule has 0 spiro atoms. The van der Waals surface area contributed by atoms with Crippen molar-refractivity contribution in [3.63, 3.8) is 0 Å². The topological polar surface area (TPSA) is 129 Å². The molecule has 1 aromatic carbocycles. The van der Waals surface area contributed by atoms with Crippen LogP contribution in [0.2, 0.25) is 0 Å². The number of anilines is 1. The lowest BCUT2D eigenvalue weighted by Crippen LogP contribution is -2.24. The average Bonchev–Trinajstić information content (AvgIpc) is 3.22. The summed E-state index contributed by atoms with van der Waals surface area (Å²) in [5.74, 6) is 2.28. The molecule has 2 aromatic heterocycles. The molecular formula is C20H18N4O6. The highest BCUT2D eigenvalue weighted by atomic mass is 16.7. The standard InChI is InChI=1S/C20H18N4O6/c25-20-14(10-21-7-8-22-19-6-3-15(11-23-19)24(26)27)2-4-16(30-20)13-1-5-17-18(9-13)29-12-28-17/h1-6,9,11,21H,7-8,10,12H2,(H,22,23). The third-order valence-electron chi connectivity index (χ3n) is 4.44. The first-order valence-corrected chi connectivity index (χ1v) is 9.18. The molecule has 0 radical (unpaired) electrons. The number of benzene rings is 1. The number of hydrogen-bond donors (Lipinski definition) is 2. The highest BCUT2D eigenvalue weighted by Gasteiger charge is 2.15. The number of nitro groups is 1. The second kappa shape index (κ2) is 8.62. The molecule has 10 heteroatoms. The van der Waals surface area contributed by atoms with Gasteiger partial charge in [0.2, 0.25) is 6.79 Å². The van der Waals surface area contributed by atoms with Gasteiger partial charge in [-0.1, -0.05) is 0 Å². The van der Waals surface area contributed by atoms with E-state index in [0.717, 1.165) is 5.56 Å².